The Kier molecular flexibility index (Phi) is 18.5. The van der Waals surface area contributed by atoms with Gasteiger partial charge in [0.2, 0.25) is 0 Å². The summed E-state index contributed by atoms with van der Waals surface area (Å²) in [4.78, 5) is 30.9. The summed E-state index contributed by atoms with van der Waals surface area (Å²) >= 11 is 0. The largest absolute Gasteiger partial charge is 0.395 e. The van der Waals surface area contributed by atoms with Gasteiger partial charge in [0, 0.05) is 53.4 Å². The highest BCUT2D eigenvalue weighted by molar-refractivity contribution is 5.98. The number of carbonyl (C=O) groups is 2. The third kappa shape index (κ3) is 13.8. The van der Waals surface area contributed by atoms with Gasteiger partial charge in [0.05, 0.1) is 26.4 Å². The van der Waals surface area contributed by atoms with Crippen LogP contribution in [0.5, 0.6) is 0 Å². The number of rotatable bonds is 18. The van der Waals surface area contributed by atoms with Crippen LogP contribution in [0, 0.1) is 22.7 Å². The lowest BCUT2D eigenvalue weighted by atomic mass is 10.2. The summed E-state index contributed by atoms with van der Waals surface area (Å²) in [6.07, 6.45) is 10.2. The van der Waals surface area contributed by atoms with E-state index in [4.69, 9.17) is 20.4 Å². The van der Waals surface area contributed by atoms with E-state index in [0.717, 1.165) is 6.42 Å². The highest BCUT2D eigenvalue weighted by atomic mass is 16.3. The van der Waals surface area contributed by atoms with Gasteiger partial charge < -0.3 is 40.0 Å². The first-order valence-corrected chi connectivity index (χ1v) is 11.8. The number of hydrogen-bond donors (Lipinski definition) is 4. The van der Waals surface area contributed by atoms with Crippen molar-refractivity contribution in [3.8, 4) is 12.1 Å². The average molecular weight is 519 g/mol. The van der Waals surface area contributed by atoms with E-state index in [9.17, 15) is 20.1 Å². The fourth-order valence-corrected chi connectivity index (χ4v) is 3.06. The fourth-order valence-electron chi connectivity index (χ4n) is 3.06. The molecule has 0 bridgehead atoms. The Balaban J connectivity index is 4.81. The molecule has 0 aliphatic heterocycles. The third-order valence-electron chi connectivity index (χ3n) is 4.98. The van der Waals surface area contributed by atoms with Gasteiger partial charge in [-0.15, -0.1) is 0 Å². The number of aliphatic hydroxyl groups is 4. The summed E-state index contributed by atoms with van der Waals surface area (Å²) in [7, 11) is 3.69. The molecule has 0 radical (unpaired) electrons. The van der Waals surface area contributed by atoms with Crippen molar-refractivity contribution < 1.29 is 30.0 Å². The Hall–Kier alpha value is -3.68. The van der Waals surface area contributed by atoms with Gasteiger partial charge in [-0.1, -0.05) is 0 Å². The number of carbonyl (C=O) groups excluding carboxylic acids is 2. The smallest absolute Gasteiger partial charge is 0.264 e. The molecule has 2 amide bonds. The first-order valence-electron chi connectivity index (χ1n) is 11.8. The molecule has 12 nitrogen and oxygen atoms in total. The molecule has 0 rings (SSSR count). The quantitative estimate of drug-likeness (QED) is 0.0979. The van der Waals surface area contributed by atoms with Crippen LogP contribution in [0.3, 0.4) is 0 Å². The molecule has 0 aliphatic carbocycles. The highest BCUT2D eigenvalue weighted by Crippen LogP contribution is 2.04. The van der Waals surface area contributed by atoms with Gasteiger partial charge in [-0.05, 0) is 43.1 Å². The molecule has 0 aliphatic rings. The van der Waals surface area contributed by atoms with Gasteiger partial charge in [-0.2, -0.15) is 10.5 Å². The van der Waals surface area contributed by atoms with E-state index in [0.29, 0.717) is 13.1 Å². The molecule has 0 atom stereocenters. The Bertz CT molecular complexity index is 818. The van der Waals surface area contributed by atoms with E-state index in [1.54, 1.807) is 24.6 Å². The van der Waals surface area contributed by atoms with Crippen LogP contribution in [-0.4, -0.2) is 132 Å². The normalized spacial score (nSPS) is 11.9. The first kappa shape index (κ1) is 33.3. The molecule has 0 aromatic heterocycles. The molecule has 204 valence electrons. The number of allylic oxidation sites excluding steroid dienone is 4. The zero-order chi connectivity index (χ0) is 28.1. The van der Waals surface area contributed by atoms with Crippen LogP contribution >= 0.6 is 0 Å². The molecular weight excluding hydrogens is 480 g/mol. The Morgan fingerprint density at radius 2 is 0.973 bits per heavy atom. The van der Waals surface area contributed by atoms with Crippen molar-refractivity contribution in [2.75, 3.05) is 79.8 Å². The molecule has 37 heavy (non-hydrogen) atoms. The van der Waals surface area contributed by atoms with E-state index in [1.165, 1.54) is 22.0 Å². The van der Waals surface area contributed by atoms with E-state index < -0.39 is 11.8 Å². The topological polar surface area (TPSA) is 176 Å². The fraction of sp³-hybridized carbons (Fsp3) is 0.520. The van der Waals surface area contributed by atoms with Crippen LogP contribution in [0.15, 0.2) is 47.9 Å². The van der Waals surface area contributed by atoms with Gasteiger partial charge in [-0.3, -0.25) is 9.59 Å². The highest BCUT2D eigenvalue weighted by Gasteiger charge is 2.17. The second kappa shape index (κ2) is 20.5. The molecule has 0 saturated heterocycles. The van der Waals surface area contributed by atoms with Crippen LogP contribution < -0.4 is 0 Å². The minimum Gasteiger partial charge on any atom is -0.395 e. The van der Waals surface area contributed by atoms with E-state index in [-0.39, 0.29) is 63.8 Å². The number of hydrogen-bond acceptors (Lipinski definition) is 10. The molecule has 0 spiro atoms. The van der Waals surface area contributed by atoms with Crippen molar-refractivity contribution in [3.63, 3.8) is 0 Å². The summed E-state index contributed by atoms with van der Waals surface area (Å²) in [6.45, 7) is 0.383. The van der Waals surface area contributed by atoms with Crippen LogP contribution in [-0.2, 0) is 9.59 Å². The summed E-state index contributed by atoms with van der Waals surface area (Å²) in [5.74, 6) is -1.12. The summed E-state index contributed by atoms with van der Waals surface area (Å²) < 4.78 is 0. The molecular formula is C25H38N6O6. The maximum absolute atomic E-state index is 12.3. The van der Waals surface area contributed by atoms with E-state index in [1.807, 2.05) is 36.0 Å². The molecule has 0 fully saturated rings. The summed E-state index contributed by atoms with van der Waals surface area (Å²) in [5, 5.41) is 54.7. The number of nitriles is 2. The van der Waals surface area contributed by atoms with Crippen molar-refractivity contribution in [2.45, 2.75) is 6.42 Å². The number of aliphatic hydroxyl groups excluding tert-OH is 4. The molecule has 0 heterocycles. The average Bonchev–Trinajstić information content (AvgIpc) is 2.88. The molecule has 0 saturated carbocycles. The van der Waals surface area contributed by atoms with Crippen LogP contribution in [0.25, 0.3) is 0 Å². The second-order valence-electron chi connectivity index (χ2n) is 7.86. The predicted octanol–water partition coefficient (Wildman–Crippen LogP) is -1.21. The van der Waals surface area contributed by atoms with Crippen molar-refractivity contribution in [3.05, 3.63) is 47.9 Å². The molecule has 12 heteroatoms. The first-order chi connectivity index (χ1) is 17.8. The van der Waals surface area contributed by atoms with Gasteiger partial charge >= 0.3 is 0 Å². The SMILES string of the molecule is CN(/C=C/C=C(\C#N)C(=O)N(CCO)CCO)CCCN(C)/C=C/C=C(\C#N)C(=O)N(CCO)CCO. The van der Waals surface area contributed by atoms with Crippen molar-refractivity contribution in [2.24, 2.45) is 0 Å². The predicted molar refractivity (Wildman–Crippen MR) is 137 cm³/mol. The summed E-state index contributed by atoms with van der Waals surface area (Å²) in [6, 6.07) is 3.68. The lowest BCUT2D eigenvalue weighted by molar-refractivity contribution is -0.128. The van der Waals surface area contributed by atoms with E-state index >= 15 is 0 Å². The monoisotopic (exact) mass is 518 g/mol. The Morgan fingerprint density at radius 1 is 0.649 bits per heavy atom. The van der Waals surface area contributed by atoms with E-state index in [2.05, 4.69) is 0 Å². The molecule has 0 aromatic carbocycles. The minimum absolute atomic E-state index is 0.0276. The van der Waals surface area contributed by atoms with Crippen LogP contribution in [0.4, 0.5) is 0 Å². The molecule has 0 aromatic rings. The van der Waals surface area contributed by atoms with Crippen LogP contribution in [0.1, 0.15) is 6.42 Å². The zero-order valence-electron chi connectivity index (χ0n) is 21.5. The zero-order valence-corrected chi connectivity index (χ0v) is 21.5. The lowest BCUT2D eigenvalue weighted by Gasteiger charge is -2.20. The van der Waals surface area contributed by atoms with Gasteiger partial charge in [0.25, 0.3) is 11.8 Å². The Morgan fingerprint density at radius 3 is 1.24 bits per heavy atom. The van der Waals surface area contributed by atoms with Crippen molar-refractivity contribution in [1.82, 2.24) is 19.6 Å². The molecule has 0 unspecified atom stereocenters. The lowest BCUT2D eigenvalue weighted by Crippen LogP contribution is -2.36. The van der Waals surface area contributed by atoms with Gasteiger partial charge in [0.15, 0.2) is 0 Å². The second-order valence-corrected chi connectivity index (χ2v) is 7.86. The van der Waals surface area contributed by atoms with Gasteiger partial charge in [0.1, 0.15) is 23.3 Å². The third-order valence-corrected chi connectivity index (χ3v) is 4.98. The Labute approximate surface area is 218 Å². The number of nitrogens with zero attached hydrogens (tertiary/aromatic N) is 6. The van der Waals surface area contributed by atoms with Crippen LogP contribution in [0.2, 0.25) is 0 Å². The maximum atomic E-state index is 12.3. The van der Waals surface area contributed by atoms with Crippen molar-refractivity contribution in [1.29, 1.82) is 10.5 Å². The molecule has 4 N–H and O–H groups in total. The van der Waals surface area contributed by atoms with Crippen molar-refractivity contribution >= 4 is 11.8 Å². The minimum atomic E-state index is -0.559. The number of amides is 2. The maximum Gasteiger partial charge on any atom is 0.264 e. The van der Waals surface area contributed by atoms with Gasteiger partial charge in [-0.25, -0.2) is 0 Å². The standard InChI is InChI=1S/C25H38N6O6/c1-28(8-3-6-22(20-26)24(36)30(12-16-32)13-17-33)10-5-11-29(2)9-4-7-23(21-27)25(37)31(14-18-34)15-19-35/h3-4,6-9,32-35H,5,10-19H2,1-2H3/b8-3+,9-4+,22-6+,23-7+. The summed E-state index contributed by atoms with van der Waals surface area (Å²) in [5.41, 5.74) is -0.203.